The molecule has 13 heavy (non-hydrogen) atoms. The fourth-order valence-electron chi connectivity index (χ4n) is 1.15. The van der Waals surface area contributed by atoms with Crippen LogP contribution in [0, 0.1) is 5.82 Å². The lowest BCUT2D eigenvalue weighted by molar-refractivity contribution is 0.533. The number of benzene rings is 1. The van der Waals surface area contributed by atoms with E-state index in [1.54, 1.807) is 6.07 Å². The molecule has 0 aliphatic heterocycles. The van der Waals surface area contributed by atoms with Crippen LogP contribution in [0.3, 0.4) is 0 Å². The zero-order chi connectivity index (χ0) is 10.1. The first-order valence-electron chi connectivity index (χ1n) is 4.13. The Morgan fingerprint density at radius 3 is 2.54 bits per heavy atom. The average molecular weight is 246 g/mol. The molecule has 1 aromatic carbocycles. The molecule has 0 amide bonds. The third kappa shape index (κ3) is 2.29. The van der Waals surface area contributed by atoms with Gasteiger partial charge in [-0.2, -0.15) is 0 Å². The van der Waals surface area contributed by atoms with Crippen molar-refractivity contribution in [3.63, 3.8) is 0 Å². The van der Waals surface area contributed by atoms with E-state index in [-0.39, 0.29) is 11.2 Å². The van der Waals surface area contributed by atoms with Crippen molar-refractivity contribution >= 4 is 15.9 Å². The van der Waals surface area contributed by atoms with Gasteiger partial charge in [0, 0.05) is 16.4 Å². The Kier molecular flexibility index (Phi) is 3.09. The van der Waals surface area contributed by atoms with Gasteiger partial charge < -0.3 is 5.73 Å². The molecule has 0 fully saturated rings. The Hall–Kier alpha value is -0.410. The predicted molar refractivity (Wildman–Crippen MR) is 56.2 cm³/mol. The topological polar surface area (TPSA) is 26.0 Å². The summed E-state index contributed by atoms with van der Waals surface area (Å²) in [6.45, 7) is 4.60. The van der Waals surface area contributed by atoms with Gasteiger partial charge in [-0.25, -0.2) is 4.39 Å². The van der Waals surface area contributed by atoms with Crippen LogP contribution in [-0.2, 0) is 5.41 Å². The van der Waals surface area contributed by atoms with Gasteiger partial charge in [0.05, 0.1) is 0 Å². The van der Waals surface area contributed by atoms with Crippen LogP contribution in [0.1, 0.15) is 19.4 Å². The van der Waals surface area contributed by atoms with Gasteiger partial charge in [-0.3, -0.25) is 0 Å². The van der Waals surface area contributed by atoms with Crippen LogP contribution in [0.15, 0.2) is 22.7 Å². The van der Waals surface area contributed by atoms with E-state index < -0.39 is 0 Å². The average Bonchev–Trinajstić information content (AvgIpc) is 2.03. The lowest BCUT2D eigenvalue weighted by atomic mass is 9.85. The van der Waals surface area contributed by atoms with Crippen LogP contribution in [0.2, 0.25) is 0 Å². The number of hydrogen-bond acceptors (Lipinski definition) is 1. The molecule has 72 valence electrons. The van der Waals surface area contributed by atoms with Gasteiger partial charge in [0.25, 0.3) is 0 Å². The minimum absolute atomic E-state index is 0.119. The van der Waals surface area contributed by atoms with Crippen molar-refractivity contribution < 1.29 is 4.39 Å². The fourth-order valence-corrected chi connectivity index (χ4v) is 2.04. The summed E-state index contributed by atoms with van der Waals surface area (Å²) in [7, 11) is 0. The molecule has 0 atom stereocenters. The second kappa shape index (κ2) is 3.76. The molecule has 0 unspecified atom stereocenters. The zero-order valence-corrected chi connectivity index (χ0v) is 9.36. The van der Waals surface area contributed by atoms with Crippen molar-refractivity contribution in [1.82, 2.24) is 0 Å². The van der Waals surface area contributed by atoms with Gasteiger partial charge in [-0.15, -0.1) is 0 Å². The highest BCUT2D eigenvalue weighted by molar-refractivity contribution is 9.10. The van der Waals surface area contributed by atoms with Crippen LogP contribution in [0.4, 0.5) is 4.39 Å². The van der Waals surface area contributed by atoms with Crippen LogP contribution in [0.25, 0.3) is 0 Å². The smallest absolute Gasteiger partial charge is 0.124 e. The predicted octanol–water partition coefficient (Wildman–Crippen LogP) is 2.82. The van der Waals surface area contributed by atoms with E-state index in [2.05, 4.69) is 15.9 Å². The Labute approximate surface area is 86.3 Å². The summed E-state index contributed by atoms with van der Waals surface area (Å²) < 4.78 is 13.6. The van der Waals surface area contributed by atoms with Crippen molar-refractivity contribution in [2.45, 2.75) is 19.3 Å². The summed E-state index contributed by atoms with van der Waals surface area (Å²) in [5.74, 6) is -0.233. The maximum Gasteiger partial charge on any atom is 0.124 e. The molecule has 1 aromatic rings. The third-order valence-corrected chi connectivity index (χ3v) is 2.83. The third-order valence-electron chi connectivity index (χ3n) is 2.17. The van der Waals surface area contributed by atoms with Crippen molar-refractivity contribution in [3.8, 4) is 0 Å². The highest BCUT2D eigenvalue weighted by atomic mass is 79.9. The summed E-state index contributed by atoms with van der Waals surface area (Å²) in [6, 6.07) is 4.69. The molecule has 1 rings (SSSR count). The van der Waals surface area contributed by atoms with Crippen LogP contribution in [-0.4, -0.2) is 6.54 Å². The number of rotatable bonds is 2. The monoisotopic (exact) mass is 245 g/mol. The SMILES string of the molecule is CC(C)(CN)c1ccc(F)cc1Br. The highest BCUT2D eigenvalue weighted by Gasteiger charge is 2.21. The first kappa shape index (κ1) is 10.7. The van der Waals surface area contributed by atoms with E-state index in [0.29, 0.717) is 6.54 Å². The second-order valence-corrected chi connectivity index (χ2v) is 4.57. The number of hydrogen-bond donors (Lipinski definition) is 1. The first-order chi connectivity index (χ1) is 5.97. The fraction of sp³-hybridized carbons (Fsp3) is 0.400. The van der Waals surface area contributed by atoms with Gasteiger partial charge in [0.15, 0.2) is 0 Å². The molecule has 0 saturated carbocycles. The molecular formula is C10H13BrFN. The van der Waals surface area contributed by atoms with Crippen LogP contribution < -0.4 is 5.73 Å². The number of halogens is 2. The van der Waals surface area contributed by atoms with Crippen molar-refractivity contribution in [2.24, 2.45) is 5.73 Å². The van der Waals surface area contributed by atoms with E-state index in [4.69, 9.17) is 5.73 Å². The van der Waals surface area contributed by atoms with Gasteiger partial charge in [0.1, 0.15) is 5.82 Å². The summed E-state index contributed by atoms with van der Waals surface area (Å²) in [4.78, 5) is 0. The molecule has 2 N–H and O–H groups in total. The quantitative estimate of drug-likeness (QED) is 0.853. The molecule has 0 bridgehead atoms. The second-order valence-electron chi connectivity index (χ2n) is 3.71. The molecule has 0 aliphatic rings. The lowest BCUT2D eigenvalue weighted by Gasteiger charge is -2.24. The van der Waals surface area contributed by atoms with Gasteiger partial charge in [-0.1, -0.05) is 35.8 Å². The van der Waals surface area contributed by atoms with E-state index in [0.717, 1.165) is 10.0 Å². The summed E-state index contributed by atoms with van der Waals surface area (Å²) >= 11 is 3.33. The molecule has 0 saturated heterocycles. The Balaban J connectivity index is 3.16. The van der Waals surface area contributed by atoms with Crippen LogP contribution in [0.5, 0.6) is 0 Å². The van der Waals surface area contributed by atoms with Crippen LogP contribution >= 0.6 is 15.9 Å². The molecular weight excluding hydrogens is 233 g/mol. The number of nitrogens with two attached hydrogens (primary N) is 1. The van der Waals surface area contributed by atoms with Crippen molar-refractivity contribution in [2.75, 3.05) is 6.54 Å². The largest absolute Gasteiger partial charge is 0.330 e. The van der Waals surface area contributed by atoms with E-state index in [9.17, 15) is 4.39 Å². The Morgan fingerprint density at radius 2 is 2.08 bits per heavy atom. The minimum atomic E-state index is -0.233. The molecule has 0 heterocycles. The molecule has 0 spiro atoms. The summed E-state index contributed by atoms with van der Waals surface area (Å²) in [5, 5.41) is 0. The Bertz CT molecular complexity index is 310. The molecule has 0 aromatic heterocycles. The van der Waals surface area contributed by atoms with E-state index >= 15 is 0 Å². The molecule has 1 nitrogen and oxygen atoms in total. The van der Waals surface area contributed by atoms with E-state index in [1.807, 2.05) is 13.8 Å². The summed E-state index contributed by atoms with van der Waals surface area (Å²) in [6.07, 6.45) is 0. The maximum atomic E-state index is 12.8. The first-order valence-corrected chi connectivity index (χ1v) is 4.92. The summed E-state index contributed by atoms with van der Waals surface area (Å²) in [5.41, 5.74) is 6.55. The lowest BCUT2D eigenvalue weighted by Crippen LogP contribution is -2.28. The molecule has 3 heteroatoms. The van der Waals surface area contributed by atoms with E-state index in [1.165, 1.54) is 12.1 Å². The van der Waals surface area contributed by atoms with Gasteiger partial charge in [-0.05, 0) is 17.7 Å². The molecule has 0 aliphatic carbocycles. The van der Waals surface area contributed by atoms with Gasteiger partial charge >= 0.3 is 0 Å². The van der Waals surface area contributed by atoms with Crippen molar-refractivity contribution in [3.05, 3.63) is 34.1 Å². The minimum Gasteiger partial charge on any atom is -0.330 e. The standard InChI is InChI=1S/C10H13BrFN/c1-10(2,6-13)8-4-3-7(12)5-9(8)11/h3-5H,6,13H2,1-2H3. The maximum absolute atomic E-state index is 12.8. The van der Waals surface area contributed by atoms with Gasteiger partial charge in [0.2, 0.25) is 0 Å². The zero-order valence-electron chi connectivity index (χ0n) is 7.77. The Morgan fingerprint density at radius 1 is 1.46 bits per heavy atom. The normalized spacial score (nSPS) is 11.8. The molecule has 0 radical (unpaired) electrons. The highest BCUT2D eigenvalue weighted by Crippen LogP contribution is 2.29. The van der Waals surface area contributed by atoms with Crippen molar-refractivity contribution in [1.29, 1.82) is 0 Å².